The van der Waals surface area contributed by atoms with E-state index in [0.717, 1.165) is 5.92 Å². The van der Waals surface area contributed by atoms with Crippen LogP contribution < -0.4 is 0 Å². The lowest BCUT2D eigenvalue weighted by Gasteiger charge is -2.16. The zero-order valence-electron chi connectivity index (χ0n) is 8.12. The van der Waals surface area contributed by atoms with E-state index in [1.54, 1.807) is 7.11 Å². The van der Waals surface area contributed by atoms with Gasteiger partial charge in [0.1, 0.15) is 0 Å². The summed E-state index contributed by atoms with van der Waals surface area (Å²) in [5.41, 5.74) is 0. The summed E-state index contributed by atoms with van der Waals surface area (Å²) in [7, 11) is 1.65. The van der Waals surface area contributed by atoms with Gasteiger partial charge >= 0.3 is 0 Å². The van der Waals surface area contributed by atoms with Crippen molar-refractivity contribution in [1.29, 1.82) is 0 Å². The molecule has 12 heavy (non-hydrogen) atoms. The topological polar surface area (TPSA) is 29.5 Å². The highest BCUT2D eigenvalue weighted by Gasteiger charge is 2.28. The maximum Gasteiger partial charge on any atom is 0.0801 e. The summed E-state index contributed by atoms with van der Waals surface area (Å²) in [5.74, 6) is 1.34. The second-order valence-electron chi connectivity index (χ2n) is 3.87. The molecule has 0 heterocycles. The Kier molecular flexibility index (Phi) is 4.02. The Bertz CT molecular complexity index is 125. The van der Waals surface area contributed by atoms with Crippen LogP contribution in [0.25, 0.3) is 0 Å². The molecule has 0 spiro atoms. The highest BCUT2D eigenvalue weighted by molar-refractivity contribution is 4.79. The van der Waals surface area contributed by atoms with Crippen LogP contribution in [0.1, 0.15) is 32.6 Å². The lowest BCUT2D eigenvalue weighted by atomic mass is 9.98. The van der Waals surface area contributed by atoms with E-state index in [-0.39, 0.29) is 6.10 Å². The highest BCUT2D eigenvalue weighted by atomic mass is 16.5. The molecule has 0 amide bonds. The Morgan fingerprint density at radius 3 is 2.75 bits per heavy atom. The zero-order chi connectivity index (χ0) is 8.97. The molecule has 0 aromatic rings. The van der Waals surface area contributed by atoms with E-state index in [9.17, 15) is 5.11 Å². The van der Waals surface area contributed by atoms with Crippen molar-refractivity contribution in [3.05, 3.63) is 0 Å². The number of aliphatic hydroxyl groups excluding tert-OH is 1. The van der Waals surface area contributed by atoms with E-state index < -0.39 is 0 Å². The summed E-state index contributed by atoms with van der Waals surface area (Å²) in [6, 6.07) is 0. The van der Waals surface area contributed by atoms with Crippen molar-refractivity contribution in [1.82, 2.24) is 0 Å². The van der Waals surface area contributed by atoms with Gasteiger partial charge in [-0.05, 0) is 24.7 Å². The second kappa shape index (κ2) is 4.83. The van der Waals surface area contributed by atoms with Gasteiger partial charge in [0.05, 0.1) is 12.7 Å². The van der Waals surface area contributed by atoms with Crippen LogP contribution in [0.15, 0.2) is 0 Å². The number of hydrogen-bond donors (Lipinski definition) is 1. The molecule has 1 rings (SSSR count). The van der Waals surface area contributed by atoms with Gasteiger partial charge in [-0.15, -0.1) is 0 Å². The second-order valence-corrected chi connectivity index (χ2v) is 3.87. The average molecular weight is 172 g/mol. The molecular formula is C10H20O2. The summed E-state index contributed by atoms with van der Waals surface area (Å²) in [5, 5.41) is 9.64. The van der Waals surface area contributed by atoms with Crippen LogP contribution in [0.2, 0.25) is 0 Å². The third-order valence-electron chi connectivity index (χ3n) is 3.04. The lowest BCUT2D eigenvalue weighted by molar-refractivity contribution is 0.0259. The molecule has 2 heteroatoms. The summed E-state index contributed by atoms with van der Waals surface area (Å²) < 4.78 is 4.93. The number of hydrogen-bond acceptors (Lipinski definition) is 2. The summed E-state index contributed by atoms with van der Waals surface area (Å²) in [6.07, 6.45) is 4.70. The van der Waals surface area contributed by atoms with Crippen LogP contribution in [0.5, 0.6) is 0 Å². The minimum absolute atomic E-state index is 0.230. The molecule has 0 aromatic heterocycles. The Morgan fingerprint density at radius 1 is 1.50 bits per heavy atom. The maximum atomic E-state index is 9.64. The lowest BCUT2D eigenvalue weighted by Crippen LogP contribution is -2.23. The van der Waals surface area contributed by atoms with Crippen molar-refractivity contribution in [2.24, 2.45) is 11.8 Å². The number of methoxy groups -OCH3 is 1. The van der Waals surface area contributed by atoms with Crippen LogP contribution in [0, 0.1) is 11.8 Å². The van der Waals surface area contributed by atoms with Crippen LogP contribution in [-0.2, 0) is 4.74 Å². The molecule has 3 unspecified atom stereocenters. The molecule has 1 aliphatic rings. The van der Waals surface area contributed by atoms with Crippen LogP contribution in [0.4, 0.5) is 0 Å². The van der Waals surface area contributed by atoms with E-state index in [2.05, 4.69) is 6.92 Å². The average Bonchev–Trinajstić information content (AvgIpc) is 2.52. The molecular weight excluding hydrogens is 152 g/mol. The van der Waals surface area contributed by atoms with Gasteiger partial charge in [0.2, 0.25) is 0 Å². The van der Waals surface area contributed by atoms with Gasteiger partial charge in [-0.3, -0.25) is 0 Å². The van der Waals surface area contributed by atoms with Gasteiger partial charge in [-0.25, -0.2) is 0 Å². The van der Waals surface area contributed by atoms with Crippen LogP contribution >= 0.6 is 0 Å². The van der Waals surface area contributed by atoms with E-state index in [1.807, 2.05) is 0 Å². The molecule has 0 aromatic carbocycles. The van der Waals surface area contributed by atoms with E-state index in [1.165, 1.54) is 25.7 Å². The Labute approximate surface area is 74.9 Å². The highest BCUT2D eigenvalue weighted by Crippen LogP contribution is 2.34. The number of rotatable bonds is 4. The van der Waals surface area contributed by atoms with Crippen LogP contribution in [0.3, 0.4) is 0 Å². The molecule has 1 fully saturated rings. The zero-order valence-corrected chi connectivity index (χ0v) is 8.12. The predicted molar refractivity (Wildman–Crippen MR) is 49.0 cm³/mol. The quantitative estimate of drug-likeness (QED) is 0.701. The van der Waals surface area contributed by atoms with Crippen molar-refractivity contribution in [3.63, 3.8) is 0 Å². The molecule has 3 atom stereocenters. The Hall–Kier alpha value is -0.0800. The molecule has 72 valence electrons. The fraction of sp³-hybridized carbons (Fsp3) is 1.00. The normalized spacial score (nSPS) is 32.2. The predicted octanol–water partition coefficient (Wildman–Crippen LogP) is 1.82. The molecule has 1 saturated carbocycles. The van der Waals surface area contributed by atoms with E-state index in [4.69, 9.17) is 4.74 Å². The van der Waals surface area contributed by atoms with Gasteiger partial charge in [0, 0.05) is 7.11 Å². The summed E-state index contributed by atoms with van der Waals surface area (Å²) >= 11 is 0. The number of ether oxygens (including phenoxy) is 1. The molecule has 2 nitrogen and oxygen atoms in total. The standard InChI is InChI=1S/C10H20O2/c1-3-8-4-5-9(6-8)10(11)7-12-2/h8-11H,3-7H2,1-2H3. The van der Waals surface area contributed by atoms with Crippen molar-refractivity contribution in [2.45, 2.75) is 38.7 Å². The number of aliphatic hydroxyl groups is 1. The SMILES string of the molecule is CCC1CCC(C(O)COC)C1. The van der Waals surface area contributed by atoms with Crippen molar-refractivity contribution in [2.75, 3.05) is 13.7 Å². The first-order chi connectivity index (χ1) is 5.77. The minimum atomic E-state index is -0.230. The maximum absolute atomic E-state index is 9.64. The molecule has 1 N–H and O–H groups in total. The molecule has 0 saturated heterocycles. The first-order valence-electron chi connectivity index (χ1n) is 4.95. The van der Waals surface area contributed by atoms with E-state index in [0.29, 0.717) is 12.5 Å². The van der Waals surface area contributed by atoms with Gasteiger partial charge in [-0.1, -0.05) is 19.8 Å². The third-order valence-corrected chi connectivity index (χ3v) is 3.04. The Balaban J connectivity index is 2.25. The van der Waals surface area contributed by atoms with Crippen molar-refractivity contribution in [3.8, 4) is 0 Å². The molecule has 0 bridgehead atoms. The Morgan fingerprint density at radius 2 is 2.25 bits per heavy atom. The van der Waals surface area contributed by atoms with Gasteiger partial charge in [0.15, 0.2) is 0 Å². The smallest absolute Gasteiger partial charge is 0.0801 e. The monoisotopic (exact) mass is 172 g/mol. The first kappa shape index (κ1) is 10.0. The van der Waals surface area contributed by atoms with Crippen LogP contribution in [-0.4, -0.2) is 24.9 Å². The minimum Gasteiger partial charge on any atom is -0.390 e. The van der Waals surface area contributed by atoms with Gasteiger partial charge in [0.25, 0.3) is 0 Å². The fourth-order valence-corrected chi connectivity index (χ4v) is 2.14. The largest absolute Gasteiger partial charge is 0.390 e. The summed E-state index contributed by atoms with van der Waals surface area (Å²) in [6.45, 7) is 2.73. The van der Waals surface area contributed by atoms with E-state index >= 15 is 0 Å². The molecule has 0 aliphatic heterocycles. The first-order valence-corrected chi connectivity index (χ1v) is 4.95. The fourth-order valence-electron chi connectivity index (χ4n) is 2.14. The molecule has 1 aliphatic carbocycles. The third kappa shape index (κ3) is 2.46. The van der Waals surface area contributed by atoms with Crippen molar-refractivity contribution >= 4 is 0 Å². The molecule has 0 radical (unpaired) electrons. The summed E-state index contributed by atoms with van der Waals surface area (Å²) in [4.78, 5) is 0. The van der Waals surface area contributed by atoms with Gasteiger partial charge < -0.3 is 9.84 Å². The van der Waals surface area contributed by atoms with Crippen molar-refractivity contribution < 1.29 is 9.84 Å². The van der Waals surface area contributed by atoms with Gasteiger partial charge in [-0.2, -0.15) is 0 Å².